The fraction of sp³-hybridized carbons (Fsp3) is 0.444. The topological polar surface area (TPSA) is 96.6 Å². The van der Waals surface area contributed by atoms with Crippen molar-refractivity contribution in [3.63, 3.8) is 0 Å². The summed E-state index contributed by atoms with van der Waals surface area (Å²) >= 11 is 0. The van der Waals surface area contributed by atoms with Gasteiger partial charge in [0.1, 0.15) is 0 Å². The van der Waals surface area contributed by atoms with Gasteiger partial charge in [0.2, 0.25) is 0 Å². The van der Waals surface area contributed by atoms with Gasteiger partial charge in [-0.1, -0.05) is 36.2 Å². The molecule has 2 N–H and O–H groups in total. The van der Waals surface area contributed by atoms with Gasteiger partial charge < -0.3 is 20.0 Å². The van der Waals surface area contributed by atoms with Gasteiger partial charge in [-0.3, -0.25) is 14.2 Å². The van der Waals surface area contributed by atoms with Crippen LogP contribution in [0.2, 0.25) is 0 Å². The van der Waals surface area contributed by atoms with Crippen LogP contribution in [0.25, 0.3) is 11.1 Å². The first-order valence-electron chi connectivity index (χ1n) is 12.5. The summed E-state index contributed by atoms with van der Waals surface area (Å²) in [6.45, 7) is 4.64. The molecule has 0 aliphatic carbocycles. The number of fused-ring (bicyclic) bond motifs is 1. The van der Waals surface area contributed by atoms with Gasteiger partial charge in [-0.05, 0) is 62.8 Å². The number of aryl methyl sites for hydroxylation is 1. The van der Waals surface area contributed by atoms with Crippen LogP contribution in [0.3, 0.4) is 0 Å². The number of aromatic nitrogens is 1. The summed E-state index contributed by atoms with van der Waals surface area (Å²) in [5.74, 6) is -1.25. The number of anilines is 1. The molecule has 8 nitrogen and oxygen atoms in total. The van der Waals surface area contributed by atoms with Crippen LogP contribution < -0.4 is 16.4 Å². The highest BCUT2D eigenvalue weighted by molar-refractivity contribution is 6.39. The lowest BCUT2D eigenvalue weighted by molar-refractivity contribution is -0.144. The molecule has 3 aromatic rings. The fourth-order valence-corrected chi connectivity index (χ4v) is 5.42. The quantitative estimate of drug-likeness (QED) is 0.564. The molecule has 2 saturated heterocycles. The number of piperidine rings is 2. The second-order valence-corrected chi connectivity index (χ2v) is 9.79. The first-order valence-corrected chi connectivity index (χ1v) is 12.5. The average molecular weight is 477 g/mol. The first-order chi connectivity index (χ1) is 17.0. The third kappa shape index (κ3) is 5.17. The van der Waals surface area contributed by atoms with Crippen molar-refractivity contribution >= 4 is 28.6 Å². The Morgan fingerprint density at radius 1 is 1.11 bits per heavy atom. The van der Waals surface area contributed by atoms with E-state index in [0.717, 1.165) is 36.9 Å². The fourth-order valence-electron chi connectivity index (χ4n) is 5.42. The number of hydrogen-bond donors (Lipinski definition) is 2. The highest BCUT2D eigenvalue weighted by Crippen LogP contribution is 2.25. The van der Waals surface area contributed by atoms with Crippen molar-refractivity contribution in [2.75, 3.05) is 25.0 Å². The number of rotatable bonds is 4. The van der Waals surface area contributed by atoms with E-state index in [-0.39, 0.29) is 0 Å². The zero-order valence-electron chi connectivity index (χ0n) is 20.1. The SMILES string of the molecule is Cc1cccc(Cn2c(=O)oc3cc(NC(=O)C(=O)N4CCCC(C5CCCCN5)C4)ccc32)c1. The Morgan fingerprint density at radius 3 is 2.80 bits per heavy atom. The number of carbonyl (C=O) groups excluding carboxylic acids is 2. The van der Waals surface area contributed by atoms with E-state index in [4.69, 9.17) is 4.42 Å². The standard InChI is InChI=1S/C27H32N4O4/c1-18-6-4-7-19(14-18)16-31-23-11-10-21(15-24(23)35-27(31)34)29-25(32)26(33)30-13-5-8-20(17-30)22-9-2-3-12-28-22/h4,6-7,10-11,14-15,20,22,28H,2-3,5,8-9,12-13,16-17H2,1H3,(H,29,32). The summed E-state index contributed by atoms with van der Waals surface area (Å²) in [6.07, 6.45) is 5.54. The molecule has 5 rings (SSSR count). The van der Waals surface area contributed by atoms with E-state index >= 15 is 0 Å². The molecule has 2 aromatic carbocycles. The van der Waals surface area contributed by atoms with Crippen molar-refractivity contribution in [1.82, 2.24) is 14.8 Å². The Hall–Kier alpha value is -3.39. The average Bonchev–Trinajstić information content (AvgIpc) is 3.18. The van der Waals surface area contributed by atoms with Gasteiger partial charge in [-0.2, -0.15) is 0 Å². The van der Waals surface area contributed by atoms with E-state index in [1.54, 1.807) is 27.7 Å². The van der Waals surface area contributed by atoms with Crippen LogP contribution in [-0.4, -0.2) is 47.0 Å². The Bertz CT molecular complexity index is 1290. The van der Waals surface area contributed by atoms with Crippen LogP contribution in [0.15, 0.2) is 51.7 Å². The van der Waals surface area contributed by atoms with Crippen molar-refractivity contribution in [3.05, 3.63) is 64.1 Å². The van der Waals surface area contributed by atoms with Crippen LogP contribution in [0, 0.1) is 12.8 Å². The Kier molecular flexibility index (Phi) is 6.72. The molecule has 2 aliphatic heterocycles. The number of nitrogens with one attached hydrogen (secondary N) is 2. The van der Waals surface area contributed by atoms with Crippen molar-refractivity contribution < 1.29 is 14.0 Å². The molecule has 0 saturated carbocycles. The number of oxazole rings is 1. The third-order valence-corrected chi connectivity index (χ3v) is 7.21. The van der Waals surface area contributed by atoms with Crippen LogP contribution in [0.1, 0.15) is 43.2 Å². The van der Waals surface area contributed by atoms with Gasteiger partial charge in [0.05, 0.1) is 12.1 Å². The number of nitrogens with zero attached hydrogens (tertiary/aromatic N) is 2. The normalized spacial score (nSPS) is 20.7. The van der Waals surface area contributed by atoms with Crippen LogP contribution >= 0.6 is 0 Å². The van der Waals surface area contributed by atoms with Crippen molar-refractivity contribution in [2.45, 2.75) is 51.6 Å². The zero-order valence-corrected chi connectivity index (χ0v) is 20.1. The van der Waals surface area contributed by atoms with E-state index in [0.29, 0.717) is 48.4 Å². The molecule has 2 unspecified atom stereocenters. The molecule has 184 valence electrons. The van der Waals surface area contributed by atoms with Crippen LogP contribution in [0.4, 0.5) is 5.69 Å². The molecule has 2 amide bonds. The summed E-state index contributed by atoms with van der Waals surface area (Å²) < 4.78 is 7.00. The Balaban J connectivity index is 1.26. The summed E-state index contributed by atoms with van der Waals surface area (Å²) in [6, 6.07) is 13.4. The van der Waals surface area contributed by atoms with Gasteiger partial charge >= 0.3 is 17.6 Å². The highest BCUT2D eigenvalue weighted by Gasteiger charge is 2.32. The smallest absolute Gasteiger partial charge is 0.408 e. The predicted molar refractivity (Wildman–Crippen MR) is 134 cm³/mol. The minimum Gasteiger partial charge on any atom is -0.408 e. The van der Waals surface area contributed by atoms with E-state index in [2.05, 4.69) is 10.6 Å². The lowest BCUT2D eigenvalue weighted by atomic mass is 9.86. The van der Waals surface area contributed by atoms with Gasteiger partial charge in [-0.25, -0.2) is 4.79 Å². The molecule has 3 heterocycles. The summed E-state index contributed by atoms with van der Waals surface area (Å²) in [4.78, 5) is 39.8. The molecular weight excluding hydrogens is 444 g/mol. The van der Waals surface area contributed by atoms with E-state index < -0.39 is 17.6 Å². The highest BCUT2D eigenvalue weighted by atomic mass is 16.4. The van der Waals surface area contributed by atoms with Crippen LogP contribution in [-0.2, 0) is 16.1 Å². The number of likely N-dealkylation sites (tertiary alicyclic amines) is 1. The van der Waals surface area contributed by atoms with Gasteiger partial charge in [0.15, 0.2) is 5.58 Å². The lowest BCUT2D eigenvalue weighted by Crippen LogP contribution is -2.51. The number of carbonyl (C=O) groups is 2. The third-order valence-electron chi connectivity index (χ3n) is 7.21. The molecule has 1 aromatic heterocycles. The number of benzene rings is 2. The van der Waals surface area contributed by atoms with E-state index in [9.17, 15) is 14.4 Å². The maximum Gasteiger partial charge on any atom is 0.420 e. The summed E-state index contributed by atoms with van der Waals surface area (Å²) in [5.41, 5.74) is 3.55. The zero-order chi connectivity index (χ0) is 24.4. The molecule has 35 heavy (non-hydrogen) atoms. The molecule has 2 aliphatic rings. The monoisotopic (exact) mass is 476 g/mol. The van der Waals surface area contributed by atoms with E-state index in [1.165, 1.54) is 12.8 Å². The second kappa shape index (κ2) is 10.1. The molecule has 2 fully saturated rings. The molecule has 0 bridgehead atoms. The molecule has 0 spiro atoms. The van der Waals surface area contributed by atoms with E-state index in [1.807, 2.05) is 31.2 Å². The van der Waals surface area contributed by atoms with Gasteiger partial charge in [-0.15, -0.1) is 0 Å². The maximum absolute atomic E-state index is 12.9. The molecule has 0 radical (unpaired) electrons. The summed E-state index contributed by atoms with van der Waals surface area (Å²) in [7, 11) is 0. The minimum absolute atomic E-state index is 0.370. The van der Waals surface area contributed by atoms with Crippen molar-refractivity contribution in [1.29, 1.82) is 0 Å². The van der Waals surface area contributed by atoms with Gasteiger partial charge in [0.25, 0.3) is 0 Å². The predicted octanol–water partition coefficient (Wildman–Crippen LogP) is 3.27. The number of hydrogen-bond acceptors (Lipinski definition) is 5. The molecule has 8 heteroatoms. The largest absolute Gasteiger partial charge is 0.420 e. The molecular formula is C27H32N4O4. The lowest BCUT2D eigenvalue weighted by Gasteiger charge is -2.38. The van der Waals surface area contributed by atoms with Crippen LogP contribution in [0.5, 0.6) is 0 Å². The number of amides is 2. The minimum atomic E-state index is -0.664. The summed E-state index contributed by atoms with van der Waals surface area (Å²) in [5, 5.41) is 6.28. The Labute approximate surface area is 204 Å². The van der Waals surface area contributed by atoms with Crippen molar-refractivity contribution in [3.8, 4) is 0 Å². The van der Waals surface area contributed by atoms with Crippen molar-refractivity contribution in [2.24, 2.45) is 5.92 Å². The second-order valence-electron chi connectivity index (χ2n) is 9.79. The first kappa shape index (κ1) is 23.4. The molecule has 2 atom stereocenters. The Morgan fingerprint density at radius 2 is 2.00 bits per heavy atom. The van der Waals surface area contributed by atoms with Gasteiger partial charge in [0, 0.05) is 30.9 Å². The maximum atomic E-state index is 12.9.